The van der Waals surface area contributed by atoms with Gasteiger partial charge in [0.2, 0.25) is 0 Å². The van der Waals surface area contributed by atoms with Crippen molar-refractivity contribution in [1.82, 2.24) is 10.3 Å². The molecule has 0 aliphatic rings. The Hall–Kier alpha value is -0.450. The first-order valence-corrected chi connectivity index (χ1v) is 6.56. The normalized spacial score (nSPS) is 12.9. The van der Waals surface area contributed by atoms with Gasteiger partial charge in [-0.1, -0.05) is 6.42 Å². The first kappa shape index (κ1) is 12.6. The molecule has 0 aliphatic heterocycles. The number of aromatic nitrogens is 1. The second-order valence-corrected chi connectivity index (χ2v) is 4.67. The largest absolute Gasteiger partial charge is 0.328 e. The van der Waals surface area contributed by atoms with Gasteiger partial charge in [0.05, 0.1) is 11.2 Å². The fraction of sp³-hybridized carbons (Fsp3) is 0.727. The highest BCUT2D eigenvalue weighted by Gasteiger charge is 1.95. The summed E-state index contributed by atoms with van der Waals surface area (Å²) in [6, 6.07) is 0.347. The van der Waals surface area contributed by atoms with Crippen molar-refractivity contribution in [3.8, 4) is 0 Å². The average Bonchev–Trinajstić information content (AvgIpc) is 2.68. The summed E-state index contributed by atoms with van der Waals surface area (Å²) in [5, 5.41) is 5.53. The van der Waals surface area contributed by atoms with Crippen molar-refractivity contribution in [3.05, 3.63) is 16.6 Å². The van der Waals surface area contributed by atoms with Crippen molar-refractivity contribution in [2.75, 3.05) is 13.1 Å². The third-order valence-electron chi connectivity index (χ3n) is 2.30. The molecule has 86 valence electrons. The SMILES string of the molecule is CC(N)CCCCNCCc1cscn1. The number of hydrogen-bond donors (Lipinski definition) is 2. The van der Waals surface area contributed by atoms with Crippen LogP contribution in [0.15, 0.2) is 10.9 Å². The van der Waals surface area contributed by atoms with Crippen LogP contribution in [-0.4, -0.2) is 24.1 Å². The number of hydrogen-bond acceptors (Lipinski definition) is 4. The molecule has 0 amide bonds. The number of nitrogens with one attached hydrogen (secondary N) is 1. The van der Waals surface area contributed by atoms with Crippen molar-refractivity contribution in [3.63, 3.8) is 0 Å². The van der Waals surface area contributed by atoms with Gasteiger partial charge in [0.1, 0.15) is 0 Å². The van der Waals surface area contributed by atoms with E-state index >= 15 is 0 Å². The fourth-order valence-corrected chi connectivity index (χ4v) is 2.01. The van der Waals surface area contributed by atoms with E-state index in [0.717, 1.165) is 25.9 Å². The molecule has 0 fully saturated rings. The topological polar surface area (TPSA) is 50.9 Å². The van der Waals surface area contributed by atoms with Crippen molar-refractivity contribution >= 4 is 11.3 Å². The van der Waals surface area contributed by atoms with Gasteiger partial charge in [-0.25, -0.2) is 4.98 Å². The zero-order chi connectivity index (χ0) is 10.9. The summed E-state index contributed by atoms with van der Waals surface area (Å²) >= 11 is 1.66. The highest BCUT2D eigenvalue weighted by atomic mass is 32.1. The van der Waals surface area contributed by atoms with Gasteiger partial charge < -0.3 is 11.1 Å². The van der Waals surface area contributed by atoms with Gasteiger partial charge in [-0.05, 0) is 26.3 Å². The zero-order valence-corrected chi connectivity index (χ0v) is 10.2. The van der Waals surface area contributed by atoms with E-state index in [1.807, 2.05) is 5.51 Å². The van der Waals surface area contributed by atoms with Gasteiger partial charge in [0.15, 0.2) is 0 Å². The van der Waals surface area contributed by atoms with Crippen molar-refractivity contribution in [1.29, 1.82) is 0 Å². The maximum atomic E-state index is 5.67. The van der Waals surface area contributed by atoms with Gasteiger partial charge in [-0.2, -0.15) is 0 Å². The van der Waals surface area contributed by atoms with E-state index < -0.39 is 0 Å². The van der Waals surface area contributed by atoms with Crippen LogP contribution < -0.4 is 11.1 Å². The van der Waals surface area contributed by atoms with Crippen LogP contribution in [0.25, 0.3) is 0 Å². The molecule has 0 bridgehead atoms. The van der Waals surface area contributed by atoms with E-state index in [-0.39, 0.29) is 0 Å². The van der Waals surface area contributed by atoms with Crippen LogP contribution in [0.2, 0.25) is 0 Å². The molecule has 1 aromatic heterocycles. The number of rotatable bonds is 8. The minimum atomic E-state index is 0.347. The third-order valence-corrected chi connectivity index (χ3v) is 2.94. The Morgan fingerprint density at radius 1 is 1.47 bits per heavy atom. The molecule has 0 spiro atoms. The van der Waals surface area contributed by atoms with E-state index in [2.05, 4.69) is 22.6 Å². The smallest absolute Gasteiger partial charge is 0.0794 e. The second-order valence-electron chi connectivity index (χ2n) is 3.95. The molecule has 0 saturated carbocycles. The number of nitrogens with two attached hydrogens (primary N) is 1. The van der Waals surface area contributed by atoms with Crippen LogP contribution in [0, 0.1) is 0 Å². The number of unbranched alkanes of at least 4 members (excludes halogenated alkanes) is 1. The number of thiazole rings is 1. The quantitative estimate of drug-likeness (QED) is 0.666. The molecule has 1 aromatic rings. The summed E-state index contributed by atoms with van der Waals surface area (Å²) in [7, 11) is 0. The van der Waals surface area contributed by atoms with E-state index in [4.69, 9.17) is 5.73 Å². The molecule has 0 saturated heterocycles. The zero-order valence-electron chi connectivity index (χ0n) is 9.41. The number of nitrogens with zero attached hydrogens (tertiary/aromatic N) is 1. The maximum absolute atomic E-state index is 5.67. The molecule has 0 aliphatic carbocycles. The Balaban J connectivity index is 1.85. The third kappa shape index (κ3) is 6.60. The van der Waals surface area contributed by atoms with Gasteiger partial charge in [-0.3, -0.25) is 0 Å². The summed E-state index contributed by atoms with van der Waals surface area (Å²) < 4.78 is 0. The first-order chi connectivity index (χ1) is 7.29. The average molecular weight is 227 g/mol. The summed E-state index contributed by atoms with van der Waals surface area (Å²) in [5.74, 6) is 0. The Labute approximate surface area is 96.1 Å². The van der Waals surface area contributed by atoms with Crippen LogP contribution >= 0.6 is 11.3 Å². The highest BCUT2D eigenvalue weighted by molar-refractivity contribution is 7.07. The minimum Gasteiger partial charge on any atom is -0.328 e. The summed E-state index contributed by atoms with van der Waals surface area (Å²) in [4.78, 5) is 4.24. The van der Waals surface area contributed by atoms with Gasteiger partial charge in [-0.15, -0.1) is 11.3 Å². The van der Waals surface area contributed by atoms with Crippen LogP contribution in [-0.2, 0) is 6.42 Å². The molecular weight excluding hydrogens is 206 g/mol. The molecule has 1 rings (SSSR count). The fourth-order valence-electron chi connectivity index (χ4n) is 1.42. The van der Waals surface area contributed by atoms with E-state index in [9.17, 15) is 0 Å². The molecule has 3 nitrogen and oxygen atoms in total. The molecule has 1 atom stereocenters. The van der Waals surface area contributed by atoms with Crippen LogP contribution in [0.5, 0.6) is 0 Å². The first-order valence-electron chi connectivity index (χ1n) is 5.62. The molecule has 4 heteroatoms. The van der Waals surface area contributed by atoms with Crippen molar-refractivity contribution in [2.24, 2.45) is 5.73 Å². The molecule has 1 unspecified atom stereocenters. The summed E-state index contributed by atoms with van der Waals surface area (Å²) in [5.41, 5.74) is 8.75. The van der Waals surface area contributed by atoms with Crippen LogP contribution in [0.1, 0.15) is 31.9 Å². The Kier molecular flexibility index (Phi) is 6.55. The van der Waals surface area contributed by atoms with Crippen LogP contribution in [0.4, 0.5) is 0 Å². The van der Waals surface area contributed by atoms with Gasteiger partial charge >= 0.3 is 0 Å². The molecule has 3 N–H and O–H groups in total. The Morgan fingerprint density at radius 2 is 2.33 bits per heavy atom. The minimum absolute atomic E-state index is 0.347. The monoisotopic (exact) mass is 227 g/mol. The van der Waals surface area contributed by atoms with Gasteiger partial charge in [0, 0.05) is 24.4 Å². The standard InChI is InChI=1S/C11H21N3S/c1-10(12)4-2-3-6-13-7-5-11-8-15-9-14-11/h8-10,13H,2-7,12H2,1H3. The lowest BCUT2D eigenvalue weighted by Crippen LogP contribution is -2.20. The van der Waals surface area contributed by atoms with E-state index in [1.165, 1.54) is 18.5 Å². The van der Waals surface area contributed by atoms with Crippen molar-refractivity contribution in [2.45, 2.75) is 38.6 Å². The lowest BCUT2D eigenvalue weighted by Gasteiger charge is -2.05. The Morgan fingerprint density at radius 3 is 3.00 bits per heavy atom. The Bertz CT molecular complexity index is 234. The summed E-state index contributed by atoms with van der Waals surface area (Å²) in [6.07, 6.45) is 4.62. The highest BCUT2D eigenvalue weighted by Crippen LogP contribution is 2.01. The summed E-state index contributed by atoms with van der Waals surface area (Å²) in [6.45, 7) is 4.19. The maximum Gasteiger partial charge on any atom is 0.0794 e. The molecule has 1 heterocycles. The molecule has 15 heavy (non-hydrogen) atoms. The predicted octanol–water partition coefficient (Wildman–Crippen LogP) is 1.79. The van der Waals surface area contributed by atoms with E-state index in [1.54, 1.807) is 11.3 Å². The van der Waals surface area contributed by atoms with Crippen molar-refractivity contribution < 1.29 is 0 Å². The predicted molar refractivity (Wildman–Crippen MR) is 66.2 cm³/mol. The lowest BCUT2D eigenvalue weighted by molar-refractivity contribution is 0.564. The second kappa shape index (κ2) is 7.79. The lowest BCUT2D eigenvalue weighted by atomic mass is 10.1. The van der Waals surface area contributed by atoms with Gasteiger partial charge in [0.25, 0.3) is 0 Å². The van der Waals surface area contributed by atoms with E-state index in [0.29, 0.717) is 6.04 Å². The molecule has 0 radical (unpaired) electrons. The molecular formula is C11H21N3S. The molecule has 0 aromatic carbocycles. The van der Waals surface area contributed by atoms with Crippen LogP contribution in [0.3, 0.4) is 0 Å².